The number of hydrogen-bond donors (Lipinski definition) is 3. The van der Waals surface area contributed by atoms with Gasteiger partial charge in [-0.3, -0.25) is 4.79 Å². The zero-order valence-electron chi connectivity index (χ0n) is 51.4. The van der Waals surface area contributed by atoms with Crippen molar-refractivity contribution in [3.63, 3.8) is 0 Å². The Morgan fingerprint density at radius 2 is 0.818 bits per heavy atom. The number of aliphatic hydroxyl groups excluding tert-OH is 1. The minimum atomic E-state index is -0.759. The second-order valence-corrected chi connectivity index (χ2v) is 22.4. The fraction of sp³-hybridized carbons (Fsp3) is 0.267. The minimum absolute atomic E-state index is 0.0164. The van der Waals surface area contributed by atoms with Gasteiger partial charge >= 0.3 is 0 Å². The molecule has 8 aromatic carbocycles. The van der Waals surface area contributed by atoms with Crippen LogP contribution in [-0.4, -0.2) is 83.0 Å². The van der Waals surface area contributed by atoms with Crippen molar-refractivity contribution in [1.82, 2.24) is 29.9 Å². The van der Waals surface area contributed by atoms with E-state index < -0.39 is 12.2 Å². The number of phenols is 2. The molecule has 0 saturated carbocycles. The molecule has 0 saturated heterocycles. The lowest BCUT2D eigenvalue weighted by Crippen LogP contribution is -2.23. The van der Waals surface area contributed by atoms with Crippen LogP contribution in [0.2, 0.25) is 0 Å². The number of unbranched alkanes of at least 4 members (excludes halogenated alkanes) is 7. The van der Waals surface area contributed by atoms with Gasteiger partial charge in [0.15, 0.2) is 46.8 Å². The van der Waals surface area contributed by atoms with E-state index in [9.17, 15) is 20.1 Å². The number of hydrogen-bond acceptors (Lipinski definition) is 13. The standard InChI is InChI=1S/C38H49N3O4.C37H29N3O3/c1-6-7-8-9-10-11-12-13-20-44-24-30(42)25-45-31-16-19-34(35(43)23-31)38-40-36(32-17-14-26(2)21-28(32)4)39-37(41-38)33-18-15-27(3)22-29(33)5;1-24(41)25(2)43-32-21-22-33(34(42)23-32)37-39-35(30-17-13-28(14-18-30)26-9-5-3-6-10-26)38-36(40-37)31-19-15-29(16-20-31)27-11-7-4-8-12-27/h14-19,21-23,30,42-43H,6-13,20,24-25H2,1-5H3;3-23,25,42H,1-2H3. The van der Waals surface area contributed by atoms with Gasteiger partial charge in [-0.1, -0.05) is 209 Å². The fourth-order valence-corrected chi connectivity index (χ4v) is 10.2. The second kappa shape index (κ2) is 30.8. The van der Waals surface area contributed by atoms with Crippen molar-refractivity contribution in [3.8, 4) is 114 Å². The highest BCUT2D eigenvalue weighted by molar-refractivity contribution is 5.80. The van der Waals surface area contributed by atoms with E-state index in [4.69, 9.17) is 44.1 Å². The summed E-state index contributed by atoms with van der Waals surface area (Å²) >= 11 is 0. The number of aromatic hydroxyl groups is 2. The van der Waals surface area contributed by atoms with Crippen molar-refractivity contribution in [3.05, 3.63) is 204 Å². The molecule has 10 aromatic rings. The van der Waals surface area contributed by atoms with Crippen molar-refractivity contribution >= 4 is 5.78 Å². The molecule has 0 aliphatic carbocycles. The molecule has 2 aromatic heterocycles. The first-order valence-electron chi connectivity index (χ1n) is 30.4. The molecule has 13 nitrogen and oxygen atoms in total. The van der Waals surface area contributed by atoms with E-state index in [1.54, 1.807) is 31.2 Å². The van der Waals surface area contributed by atoms with Crippen molar-refractivity contribution in [2.75, 3.05) is 19.8 Å². The van der Waals surface area contributed by atoms with E-state index in [2.05, 4.69) is 57.2 Å². The number of aromatic nitrogens is 6. The number of aliphatic hydroxyl groups is 1. The van der Waals surface area contributed by atoms with Gasteiger partial charge in [-0.15, -0.1) is 0 Å². The fourth-order valence-electron chi connectivity index (χ4n) is 10.2. The Hall–Kier alpha value is -9.43. The van der Waals surface area contributed by atoms with Crippen LogP contribution in [0.4, 0.5) is 0 Å². The van der Waals surface area contributed by atoms with Crippen LogP contribution >= 0.6 is 0 Å². The van der Waals surface area contributed by atoms with Crippen molar-refractivity contribution < 1.29 is 34.3 Å². The zero-order valence-corrected chi connectivity index (χ0v) is 51.4. The van der Waals surface area contributed by atoms with Gasteiger partial charge in [0.25, 0.3) is 0 Å². The van der Waals surface area contributed by atoms with Crippen LogP contribution in [-0.2, 0) is 9.53 Å². The van der Waals surface area contributed by atoms with Gasteiger partial charge in [-0.25, -0.2) is 29.9 Å². The molecule has 0 spiro atoms. The van der Waals surface area contributed by atoms with Gasteiger partial charge in [0.2, 0.25) is 0 Å². The SMILES string of the molecule is CC(=O)C(C)Oc1ccc(-c2nc(-c3ccc(-c4ccccc4)cc3)nc(-c3ccc(-c4ccccc4)cc3)n2)c(O)c1.CCCCCCCCCCOCC(O)COc1ccc(-c2nc(-c3ccc(C)cc3C)nc(-c3ccc(C)cc3C)n2)c(O)c1. The second-order valence-electron chi connectivity index (χ2n) is 22.4. The summed E-state index contributed by atoms with van der Waals surface area (Å²) in [7, 11) is 0. The van der Waals surface area contributed by atoms with E-state index >= 15 is 0 Å². The van der Waals surface area contributed by atoms with E-state index in [1.807, 2.05) is 123 Å². The monoisotopic (exact) mass is 1170 g/mol. The first-order valence-corrected chi connectivity index (χ1v) is 30.4. The molecule has 0 bridgehead atoms. The van der Waals surface area contributed by atoms with E-state index in [1.165, 1.54) is 57.6 Å². The van der Waals surface area contributed by atoms with Crippen LogP contribution < -0.4 is 9.47 Å². The molecule has 0 radical (unpaired) electrons. The third-order valence-electron chi connectivity index (χ3n) is 15.2. The lowest BCUT2D eigenvalue weighted by Gasteiger charge is -2.14. The Morgan fingerprint density at radius 1 is 0.432 bits per heavy atom. The third-order valence-corrected chi connectivity index (χ3v) is 15.2. The first-order chi connectivity index (χ1) is 42.7. The van der Waals surface area contributed by atoms with Crippen LogP contribution in [0.1, 0.15) is 94.4 Å². The number of ether oxygens (including phenoxy) is 3. The van der Waals surface area contributed by atoms with Crippen molar-refractivity contribution in [2.24, 2.45) is 0 Å². The summed E-state index contributed by atoms with van der Waals surface area (Å²) < 4.78 is 17.1. The summed E-state index contributed by atoms with van der Waals surface area (Å²) in [5.74, 6) is 3.39. The molecule has 0 amide bonds. The highest BCUT2D eigenvalue weighted by Gasteiger charge is 2.20. The molecule has 450 valence electrons. The Labute approximate surface area is 517 Å². The number of benzene rings is 8. The molecule has 0 aliphatic rings. The van der Waals surface area contributed by atoms with Gasteiger partial charge < -0.3 is 29.5 Å². The number of ketones is 1. The maximum absolute atomic E-state index is 11.7. The van der Waals surface area contributed by atoms with Crippen LogP contribution in [0.15, 0.2) is 182 Å². The Balaban J connectivity index is 0.000000210. The number of phenolic OH excluding ortho intramolecular Hbond substituents is 2. The molecule has 13 heteroatoms. The predicted molar refractivity (Wildman–Crippen MR) is 351 cm³/mol. The number of nitrogens with zero attached hydrogens (tertiary/aromatic N) is 6. The third kappa shape index (κ3) is 17.2. The van der Waals surface area contributed by atoms with Crippen LogP contribution in [0, 0.1) is 27.7 Å². The molecule has 2 heterocycles. The van der Waals surface area contributed by atoms with E-state index in [0.717, 1.165) is 79.6 Å². The molecule has 88 heavy (non-hydrogen) atoms. The van der Waals surface area contributed by atoms with Crippen LogP contribution in [0.25, 0.3) is 90.6 Å². The number of Topliss-reactive ketones (excluding diaryl/α,β-unsaturated/α-hetero) is 1. The zero-order chi connectivity index (χ0) is 61.9. The van der Waals surface area contributed by atoms with Gasteiger partial charge in [0.1, 0.15) is 35.7 Å². The van der Waals surface area contributed by atoms with Crippen LogP contribution in [0.3, 0.4) is 0 Å². The Bertz CT molecular complexity index is 3750. The molecular formula is C75H78N6O7. The lowest BCUT2D eigenvalue weighted by atomic mass is 10.0. The molecule has 2 unspecified atom stereocenters. The molecule has 3 N–H and O–H groups in total. The average Bonchev–Trinajstić information content (AvgIpc) is 2.70. The topological polar surface area (TPSA) is 183 Å². The van der Waals surface area contributed by atoms with Crippen molar-refractivity contribution in [1.29, 1.82) is 0 Å². The summed E-state index contributed by atoms with van der Waals surface area (Å²) in [6.45, 7) is 14.5. The van der Waals surface area contributed by atoms with Gasteiger partial charge in [0, 0.05) is 41.0 Å². The summed E-state index contributed by atoms with van der Waals surface area (Å²) in [5.41, 5.74) is 13.2. The molecule has 2 atom stereocenters. The van der Waals surface area contributed by atoms with Gasteiger partial charge in [-0.05, 0) is 106 Å². The number of carbonyl (C=O) groups excluding carboxylic acids is 1. The maximum atomic E-state index is 11.7. The molecule has 0 fully saturated rings. The minimum Gasteiger partial charge on any atom is -0.507 e. The maximum Gasteiger partial charge on any atom is 0.169 e. The Kier molecular flexibility index (Phi) is 22.1. The number of carbonyl (C=O) groups is 1. The highest BCUT2D eigenvalue weighted by atomic mass is 16.5. The predicted octanol–water partition coefficient (Wildman–Crippen LogP) is 17.0. The average molecular weight is 1180 g/mol. The summed E-state index contributed by atoms with van der Waals surface area (Å²) in [4.78, 5) is 40.5. The molecule has 0 aliphatic heterocycles. The number of aryl methyl sites for hydroxylation is 4. The molecule has 10 rings (SSSR count). The quantitative estimate of drug-likeness (QED) is 0.0460. The smallest absolute Gasteiger partial charge is 0.169 e. The van der Waals surface area contributed by atoms with Gasteiger partial charge in [-0.2, -0.15) is 0 Å². The summed E-state index contributed by atoms with van der Waals surface area (Å²) in [6, 6.07) is 58.7. The van der Waals surface area contributed by atoms with Crippen molar-refractivity contribution in [2.45, 2.75) is 112 Å². The lowest BCUT2D eigenvalue weighted by molar-refractivity contribution is -0.122. The van der Waals surface area contributed by atoms with Gasteiger partial charge in [0.05, 0.1) is 17.7 Å². The summed E-state index contributed by atoms with van der Waals surface area (Å²) in [5, 5.41) is 32.4. The normalized spacial score (nSPS) is 11.8. The molecular weight excluding hydrogens is 1100 g/mol. The van der Waals surface area contributed by atoms with Crippen LogP contribution in [0.5, 0.6) is 23.0 Å². The van der Waals surface area contributed by atoms with E-state index in [0.29, 0.717) is 64.2 Å². The largest absolute Gasteiger partial charge is 0.507 e. The Morgan fingerprint density at radius 3 is 1.27 bits per heavy atom. The van der Waals surface area contributed by atoms with E-state index in [-0.39, 0.29) is 30.5 Å². The first kappa shape index (κ1) is 63.1. The number of rotatable bonds is 25. The highest BCUT2D eigenvalue weighted by Crippen LogP contribution is 2.37. The summed E-state index contributed by atoms with van der Waals surface area (Å²) in [6.07, 6.45) is 8.56.